The summed E-state index contributed by atoms with van der Waals surface area (Å²) in [5.41, 5.74) is 2.03. The van der Waals surface area contributed by atoms with Gasteiger partial charge in [-0.1, -0.05) is 42.8 Å². The Labute approximate surface area is 180 Å². The average molecular weight is 431 g/mol. The molecule has 0 bridgehead atoms. The van der Waals surface area contributed by atoms with Crippen molar-refractivity contribution in [3.63, 3.8) is 0 Å². The van der Waals surface area contributed by atoms with Crippen LogP contribution in [0, 0.1) is 5.82 Å². The number of carbonyl (C=O) groups is 3. The average Bonchev–Trinajstić information content (AvgIpc) is 2.77. The van der Waals surface area contributed by atoms with Crippen molar-refractivity contribution in [2.45, 2.75) is 26.2 Å². The van der Waals surface area contributed by atoms with Gasteiger partial charge in [-0.05, 0) is 30.2 Å². The maximum Gasteiger partial charge on any atom is 0.255 e. The largest absolute Gasteiger partial charge is 0.339 e. The first-order valence-electron chi connectivity index (χ1n) is 10.0. The zero-order valence-corrected chi connectivity index (χ0v) is 17.6. The Hall–Kier alpha value is -2.73. The minimum Gasteiger partial charge on any atom is -0.339 e. The molecule has 1 heterocycles. The molecule has 5 nitrogen and oxygen atoms in total. The van der Waals surface area contributed by atoms with E-state index in [0.29, 0.717) is 31.7 Å². The van der Waals surface area contributed by atoms with Crippen molar-refractivity contribution in [2.75, 3.05) is 26.2 Å². The van der Waals surface area contributed by atoms with Crippen LogP contribution in [0.5, 0.6) is 0 Å². The maximum absolute atomic E-state index is 13.2. The Morgan fingerprint density at radius 2 is 1.57 bits per heavy atom. The number of halogens is 2. The van der Waals surface area contributed by atoms with Crippen LogP contribution in [0.15, 0.2) is 42.5 Å². The van der Waals surface area contributed by atoms with Gasteiger partial charge in [0.05, 0.1) is 10.6 Å². The zero-order valence-electron chi connectivity index (χ0n) is 16.9. The van der Waals surface area contributed by atoms with E-state index in [2.05, 4.69) is 6.92 Å². The van der Waals surface area contributed by atoms with Gasteiger partial charge in [0.15, 0.2) is 5.78 Å². The van der Waals surface area contributed by atoms with Gasteiger partial charge < -0.3 is 9.80 Å². The molecule has 0 aliphatic carbocycles. The van der Waals surface area contributed by atoms with Crippen LogP contribution in [0.4, 0.5) is 4.39 Å². The van der Waals surface area contributed by atoms with E-state index in [1.165, 1.54) is 12.1 Å². The van der Waals surface area contributed by atoms with Crippen molar-refractivity contribution in [1.29, 1.82) is 0 Å². The second kappa shape index (κ2) is 9.85. The molecular formula is C23H24ClFN2O3. The molecule has 0 unspecified atom stereocenters. The third-order valence-corrected chi connectivity index (χ3v) is 5.64. The summed E-state index contributed by atoms with van der Waals surface area (Å²) in [5.74, 6) is -0.924. The second-order valence-electron chi connectivity index (χ2n) is 7.27. The summed E-state index contributed by atoms with van der Waals surface area (Å²) < 4.78 is 13.2. The molecule has 0 N–H and O–H groups in total. The number of amides is 2. The second-order valence-corrected chi connectivity index (χ2v) is 7.68. The lowest BCUT2D eigenvalue weighted by atomic mass is 10.0. The molecule has 2 amide bonds. The number of benzene rings is 2. The van der Waals surface area contributed by atoms with Crippen LogP contribution in [0.3, 0.4) is 0 Å². The highest BCUT2D eigenvalue weighted by Gasteiger charge is 2.26. The van der Waals surface area contributed by atoms with Crippen LogP contribution in [0.2, 0.25) is 5.02 Å². The topological polar surface area (TPSA) is 57.7 Å². The summed E-state index contributed by atoms with van der Waals surface area (Å²) in [7, 11) is 0. The Morgan fingerprint density at radius 1 is 0.933 bits per heavy atom. The smallest absolute Gasteiger partial charge is 0.255 e. The van der Waals surface area contributed by atoms with Crippen molar-refractivity contribution < 1.29 is 18.8 Å². The lowest BCUT2D eigenvalue weighted by Gasteiger charge is -2.35. The predicted octanol–water partition coefficient (Wildman–Crippen LogP) is 3.99. The van der Waals surface area contributed by atoms with E-state index < -0.39 is 5.82 Å². The van der Waals surface area contributed by atoms with Gasteiger partial charge in [-0.2, -0.15) is 0 Å². The summed E-state index contributed by atoms with van der Waals surface area (Å²) >= 11 is 5.98. The first kappa shape index (κ1) is 22.0. The van der Waals surface area contributed by atoms with Gasteiger partial charge in [0, 0.05) is 44.6 Å². The van der Waals surface area contributed by atoms with Crippen LogP contribution in [-0.4, -0.2) is 53.6 Å². The third-order valence-electron chi connectivity index (χ3n) is 5.33. The molecule has 0 spiro atoms. The van der Waals surface area contributed by atoms with Gasteiger partial charge in [-0.15, -0.1) is 0 Å². The Morgan fingerprint density at radius 3 is 2.17 bits per heavy atom. The van der Waals surface area contributed by atoms with Gasteiger partial charge in [0.1, 0.15) is 5.82 Å². The van der Waals surface area contributed by atoms with E-state index in [1.54, 1.807) is 21.9 Å². The minimum atomic E-state index is -0.497. The molecule has 1 saturated heterocycles. The lowest BCUT2D eigenvalue weighted by Crippen LogP contribution is -2.50. The van der Waals surface area contributed by atoms with Crippen molar-refractivity contribution >= 4 is 29.2 Å². The molecule has 30 heavy (non-hydrogen) atoms. The number of carbonyl (C=O) groups excluding carboxylic acids is 3. The van der Waals surface area contributed by atoms with Crippen molar-refractivity contribution in [3.8, 4) is 0 Å². The van der Waals surface area contributed by atoms with E-state index in [-0.39, 0.29) is 41.0 Å². The van der Waals surface area contributed by atoms with E-state index in [0.717, 1.165) is 18.1 Å². The molecule has 158 valence electrons. The predicted molar refractivity (Wildman–Crippen MR) is 113 cm³/mol. The maximum atomic E-state index is 13.2. The number of nitrogens with zero attached hydrogens (tertiary/aromatic N) is 2. The van der Waals surface area contributed by atoms with Crippen LogP contribution < -0.4 is 0 Å². The highest BCUT2D eigenvalue weighted by Crippen LogP contribution is 2.20. The van der Waals surface area contributed by atoms with E-state index in [9.17, 15) is 18.8 Å². The summed E-state index contributed by atoms with van der Waals surface area (Å²) in [4.78, 5) is 40.7. The monoisotopic (exact) mass is 430 g/mol. The molecule has 0 aromatic heterocycles. The molecule has 3 rings (SSSR count). The van der Waals surface area contributed by atoms with Crippen molar-refractivity contribution in [3.05, 3.63) is 70.0 Å². The molecule has 1 fully saturated rings. The third kappa shape index (κ3) is 5.25. The van der Waals surface area contributed by atoms with E-state index >= 15 is 0 Å². The quantitative estimate of drug-likeness (QED) is 0.651. The Balaban J connectivity index is 1.48. The van der Waals surface area contributed by atoms with Crippen molar-refractivity contribution in [1.82, 2.24) is 9.80 Å². The first-order valence-corrected chi connectivity index (χ1v) is 10.4. The number of hydrogen-bond donors (Lipinski definition) is 0. The van der Waals surface area contributed by atoms with Gasteiger partial charge in [0.2, 0.25) is 5.91 Å². The highest BCUT2D eigenvalue weighted by molar-refractivity contribution is 6.33. The summed E-state index contributed by atoms with van der Waals surface area (Å²) in [5, 5.41) is 0.0731. The number of Topliss-reactive ketones (excluding diaryl/α,β-unsaturated/α-hetero) is 1. The molecular weight excluding hydrogens is 407 g/mol. The molecule has 1 aliphatic heterocycles. The highest BCUT2D eigenvalue weighted by atomic mass is 35.5. The fourth-order valence-corrected chi connectivity index (χ4v) is 3.69. The van der Waals surface area contributed by atoms with E-state index in [1.807, 2.05) is 12.1 Å². The minimum absolute atomic E-state index is 0.0502. The van der Waals surface area contributed by atoms with Crippen molar-refractivity contribution in [2.24, 2.45) is 0 Å². The normalized spacial score (nSPS) is 14.0. The molecule has 2 aromatic rings. The molecule has 0 atom stereocenters. The van der Waals surface area contributed by atoms with Gasteiger partial charge in [-0.3, -0.25) is 14.4 Å². The SMILES string of the molecule is CCc1ccc(C(=O)CCC(=O)N2CCN(C(=O)c3ccc(F)cc3Cl)CC2)cc1. The van der Waals surface area contributed by atoms with Crippen LogP contribution in [0.25, 0.3) is 0 Å². The number of hydrogen-bond acceptors (Lipinski definition) is 3. The standard InChI is InChI=1S/C23H24ClFN2O3/c1-2-16-3-5-17(6-4-16)21(28)9-10-22(29)26-11-13-27(14-12-26)23(30)19-8-7-18(25)15-20(19)24/h3-8,15H,2,9-14H2,1H3. The molecule has 0 saturated carbocycles. The fourth-order valence-electron chi connectivity index (χ4n) is 3.44. The molecule has 1 aliphatic rings. The summed E-state index contributed by atoms with van der Waals surface area (Å²) in [6.07, 6.45) is 1.22. The van der Waals surface area contributed by atoms with Crippen LogP contribution >= 0.6 is 11.6 Å². The van der Waals surface area contributed by atoms with Gasteiger partial charge in [0.25, 0.3) is 5.91 Å². The lowest BCUT2D eigenvalue weighted by molar-refractivity contribution is -0.132. The summed E-state index contributed by atoms with van der Waals surface area (Å²) in [6, 6.07) is 11.1. The number of aryl methyl sites for hydroxylation is 1. The number of ketones is 1. The van der Waals surface area contributed by atoms with Crippen LogP contribution in [-0.2, 0) is 11.2 Å². The summed E-state index contributed by atoms with van der Waals surface area (Å²) in [6.45, 7) is 3.57. The zero-order chi connectivity index (χ0) is 21.7. The van der Waals surface area contributed by atoms with Gasteiger partial charge >= 0.3 is 0 Å². The number of piperazine rings is 1. The Bertz CT molecular complexity index is 938. The molecule has 2 aromatic carbocycles. The fraction of sp³-hybridized carbons (Fsp3) is 0.348. The first-order chi connectivity index (χ1) is 14.4. The molecule has 7 heteroatoms. The van der Waals surface area contributed by atoms with Gasteiger partial charge in [-0.25, -0.2) is 4.39 Å². The molecule has 0 radical (unpaired) electrons. The van der Waals surface area contributed by atoms with E-state index in [4.69, 9.17) is 11.6 Å². The van der Waals surface area contributed by atoms with Crippen LogP contribution in [0.1, 0.15) is 46.0 Å². The number of rotatable bonds is 6. The Kier molecular flexibility index (Phi) is 7.21.